The van der Waals surface area contributed by atoms with Crippen LogP contribution in [0.4, 0.5) is 0 Å². The predicted molar refractivity (Wildman–Crippen MR) is 68.7 cm³/mol. The van der Waals surface area contributed by atoms with Crippen LogP contribution < -0.4 is 14.2 Å². The number of rotatable bonds is 1. The molecule has 2 aliphatic rings. The van der Waals surface area contributed by atoms with Crippen molar-refractivity contribution in [2.45, 2.75) is 10.3 Å². The molecule has 0 saturated carbocycles. The Morgan fingerprint density at radius 3 is 2.89 bits per heavy atom. The summed E-state index contributed by atoms with van der Waals surface area (Å²) in [6, 6.07) is 3.82. The van der Waals surface area contributed by atoms with Crippen LogP contribution in [-0.2, 0) is 0 Å². The minimum atomic E-state index is -0.157. The van der Waals surface area contributed by atoms with Crippen LogP contribution in [0.2, 0.25) is 0 Å². The molecule has 0 aliphatic carbocycles. The highest BCUT2D eigenvalue weighted by atomic mass is 32.2. The summed E-state index contributed by atoms with van der Waals surface area (Å²) in [5, 5.41) is 0. The molecule has 0 bridgehead atoms. The lowest BCUT2D eigenvalue weighted by atomic mass is 10.3. The van der Waals surface area contributed by atoms with E-state index in [1.54, 1.807) is 30.4 Å². The highest BCUT2D eigenvalue weighted by Gasteiger charge is 2.27. The molecule has 2 aromatic heterocycles. The van der Waals surface area contributed by atoms with E-state index in [2.05, 4.69) is 9.97 Å². The van der Waals surface area contributed by atoms with Crippen molar-refractivity contribution in [2.24, 2.45) is 0 Å². The number of hydrogen-bond acceptors (Lipinski definition) is 6. The summed E-state index contributed by atoms with van der Waals surface area (Å²) in [4.78, 5) is 9.52. The van der Waals surface area contributed by atoms with Crippen molar-refractivity contribution in [3.05, 3.63) is 36.4 Å². The smallest absolute Gasteiger partial charge is 0.191 e. The van der Waals surface area contributed by atoms with Gasteiger partial charge in [-0.25, -0.2) is 0 Å². The Labute approximate surface area is 113 Å². The molecule has 0 fully saturated rings. The zero-order chi connectivity index (χ0) is 12.7. The topological polar surface area (TPSA) is 53.5 Å². The zero-order valence-corrected chi connectivity index (χ0v) is 10.7. The summed E-state index contributed by atoms with van der Waals surface area (Å²) >= 11 is 1.62. The largest absolute Gasteiger partial charge is 0.486 e. The van der Waals surface area contributed by atoms with Crippen LogP contribution in [0.15, 0.2) is 35.6 Å². The second-order valence-corrected chi connectivity index (χ2v) is 5.25. The molecule has 0 amide bonds. The van der Waals surface area contributed by atoms with Crippen molar-refractivity contribution in [3.63, 3.8) is 0 Å². The monoisotopic (exact) mass is 274 g/mol. The maximum absolute atomic E-state index is 5.83. The Morgan fingerprint density at radius 2 is 2.00 bits per heavy atom. The first-order valence-corrected chi connectivity index (χ1v) is 6.81. The van der Waals surface area contributed by atoms with E-state index in [9.17, 15) is 0 Å². The zero-order valence-electron chi connectivity index (χ0n) is 9.91. The number of pyridine rings is 2. The van der Waals surface area contributed by atoms with E-state index in [0.717, 1.165) is 22.1 Å². The molecule has 1 atom stereocenters. The van der Waals surface area contributed by atoms with Gasteiger partial charge in [0.15, 0.2) is 22.7 Å². The Bertz CT molecular complexity index is 610. The quantitative estimate of drug-likeness (QED) is 0.796. The van der Waals surface area contributed by atoms with E-state index in [0.29, 0.717) is 19.0 Å². The van der Waals surface area contributed by atoms with E-state index in [1.807, 2.05) is 12.1 Å². The lowest BCUT2D eigenvalue weighted by Gasteiger charge is -2.19. The van der Waals surface area contributed by atoms with Crippen LogP contribution in [0.1, 0.15) is 11.1 Å². The van der Waals surface area contributed by atoms with Crippen LogP contribution in [0.3, 0.4) is 0 Å². The number of thioether (sulfide) groups is 1. The fourth-order valence-corrected chi connectivity index (χ4v) is 3.01. The summed E-state index contributed by atoms with van der Waals surface area (Å²) in [6.45, 7) is 1.14. The van der Waals surface area contributed by atoms with E-state index < -0.39 is 0 Å². The maximum atomic E-state index is 5.83. The Balaban J connectivity index is 1.64. The molecule has 0 aromatic carbocycles. The Hall–Kier alpha value is -1.95. The number of aromatic nitrogens is 2. The van der Waals surface area contributed by atoms with Crippen molar-refractivity contribution in [1.82, 2.24) is 9.97 Å². The summed E-state index contributed by atoms with van der Waals surface area (Å²) < 4.78 is 16.8. The van der Waals surface area contributed by atoms with Crippen molar-refractivity contribution < 1.29 is 14.2 Å². The number of ether oxygens (including phenoxy) is 3. The second-order valence-electron chi connectivity index (χ2n) is 4.14. The van der Waals surface area contributed by atoms with E-state index in [4.69, 9.17) is 14.2 Å². The molecule has 19 heavy (non-hydrogen) atoms. The van der Waals surface area contributed by atoms with E-state index >= 15 is 0 Å². The van der Waals surface area contributed by atoms with Crippen LogP contribution in [0, 0.1) is 0 Å². The van der Waals surface area contributed by atoms with Gasteiger partial charge in [0.2, 0.25) is 0 Å². The van der Waals surface area contributed by atoms with Crippen LogP contribution >= 0.6 is 11.8 Å². The molecular formula is C13H10N2O3S. The van der Waals surface area contributed by atoms with E-state index in [-0.39, 0.29) is 5.44 Å². The Morgan fingerprint density at radius 1 is 1.11 bits per heavy atom. The van der Waals surface area contributed by atoms with E-state index in [1.165, 1.54) is 0 Å². The van der Waals surface area contributed by atoms with Gasteiger partial charge < -0.3 is 14.2 Å². The van der Waals surface area contributed by atoms with Gasteiger partial charge in [-0.15, -0.1) is 0 Å². The first kappa shape index (κ1) is 10.9. The van der Waals surface area contributed by atoms with Crippen molar-refractivity contribution in [1.29, 1.82) is 0 Å². The molecule has 2 aromatic rings. The van der Waals surface area contributed by atoms with Gasteiger partial charge in [0, 0.05) is 12.3 Å². The molecule has 4 rings (SSSR count). The summed E-state index contributed by atoms with van der Waals surface area (Å²) in [5.74, 6) is 2.22. The third-order valence-corrected chi connectivity index (χ3v) is 4.05. The average molecular weight is 274 g/mol. The first-order valence-electron chi connectivity index (χ1n) is 5.93. The minimum absolute atomic E-state index is 0.157. The minimum Gasteiger partial charge on any atom is -0.486 e. The Kier molecular flexibility index (Phi) is 2.48. The molecule has 0 spiro atoms. The third-order valence-electron chi connectivity index (χ3n) is 2.91. The number of hydrogen-bond donors (Lipinski definition) is 0. The molecule has 2 aliphatic heterocycles. The average Bonchev–Trinajstić information content (AvgIpc) is 2.90. The van der Waals surface area contributed by atoms with Gasteiger partial charge in [0.1, 0.15) is 13.2 Å². The van der Waals surface area contributed by atoms with Gasteiger partial charge in [-0.05, 0) is 6.07 Å². The van der Waals surface area contributed by atoms with Crippen LogP contribution in [0.5, 0.6) is 17.2 Å². The molecule has 1 unspecified atom stereocenters. The van der Waals surface area contributed by atoms with Gasteiger partial charge in [0.25, 0.3) is 0 Å². The molecule has 5 nitrogen and oxygen atoms in total. The first-order chi connectivity index (χ1) is 9.40. The lowest BCUT2D eigenvalue weighted by molar-refractivity contribution is 0.169. The van der Waals surface area contributed by atoms with Crippen LogP contribution in [-0.4, -0.2) is 23.2 Å². The number of nitrogens with zero attached hydrogens (tertiary/aromatic N) is 2. The summed E-state index contributed by atoms with van der Waals surface area (Å²) in [5.41, 5.74) is 0.667. The fourth-order valence-electron chi connectivity index (χ4n) is 2.02. The summed E-state index contributed by atoms with van der Waals surface area (Å²) in [7, 11) is 0. The third kappa shape index (κ3) is 1.88. The molecule has 6 heteroatoms. The van der Waals surface area contributed by atoms with Gasteiger partial charge in [-0.2, -0.15) is 0 Å². The van der Waals surface area contributed by atoms with Crippen molar-refractivity contribution in [2.75, 3.05) is 13.2 Å². The number of fused-ring (bicyclic) bond motifs is 2. The predicted octanol–water partition coefficient (Wildman–Crippen LogP) is 2.43. The fraction of sp³-hybridized carbons (Fsp3) is 0.231. The van der Waals surface area contributed by atoms with Gasteiger partial charge in [-0.3, -0.25) is 9.97 Å². The molecule has 0 N–H and O–H groups in total. The summed E-state index contributed by atoms with van der Waals surface area (Å²) in [6.07, 6.45) is 5.17. The van der Waals surface area contributed by atoms with Gasteiger partial charge in [-0.1, -0.05) is 11.8 Å². The highest BCUT2D eigenvalue weighted by molar-refractivity contribution is 7.99. The molecule has 0 saturated heterocycles. The normalized spacial score (nSPS) is 19.7. The van der Waals surface area contributed by atoms with Crippen molar-refractivity contribution in [3.8, 4) is 17.2 Å². The molecule has 96 valence electrons. The van der Waals surface area contributed by atoms with Gasteiger partial charge >= 0.3 is 0 Å². The molecular weight excluding hydrogens is 264 g/mol. The SMILES string of the molecule is c1cc2c(cn1)OC(c1cc3c(cn1)OCCO3)S2. The second kappa shape index (κ2) is 4.31. The standard InChI is InChI=1S/C13H10N2O3S/c1-2-14-6-11-12(1)19-13(18-11)8-5-9-10(7-15-8)17-4-3-16-9/h1-2,5-7,13H,3-4H2. The highest BCUT2D eigenvalue weighted by Crippen LogP contribution is 2.48. The van der Waals surface area contributed by atoms with Crippen LogP contribution in [0.25, 0.3) is 0 Å². The maximum Gasteiger partial charge on any atom is 0.191 e. The van der Waals surface area contributed by atoms with Crippen molar-refractivity contribution >= 4 is 11.8 Å². The van der Waals surface area contributed by atoms with Gasteiger partial charge in [0.05, 0.1) is 23.0 Å². The molecule has 4 heterocycles. The molecule has 0 radical (unpaired) electrons. The lowest BCUT2D eigenvalue weighted by Crippen LogP contribution is -2.16.